The van der Waals surface area contributed by atoms with E-state index in [1.165, 1.54) is 28.4 Å². The van der Waals surface area contributed by atoms with Crippen LogP contribution in [0.15, 0.2) is 22.7 Å². The molecule has 102 valence electrons. The number of rotatable bonds is 7. The van der Waals surface area contributed by atoms with E-state index in [1.807, 2.05) is 7.05 Å². The minimum atomic E-state index is 0.638. The Morgan fingerprint density at radius 2 is 2.11 bits per heavy atom. The van der Waals surface area contributed by atoms with Gasteiger partial charge in [0.25, 0.3) is 0 Å². The molecule has 0 saturated heterocycles. The van der Waals surface area contributed by atoms with Crippen molar-refractivity contribution in [2.24, 2.45) is 0 Å². The molecule has 0 heterocycles. The van der Waals surface area contributed by atoms with Gasteiger partial charge in [-0.2, -0.15) is 0 Å². The van der Waals surface area contributed by atoms with Gasteiger partial charge in [-0.05, 0) is 44.6 Å². The van der Waals surface area contributed by atoms with Gasteiger partial charge in [0.1, 0.15) is 0 Å². The molecule has 0 fully saturated rings. The van der Waals surface area contributed by atoms with Crippen LogP contribution in [-0.4, -0.2) is 25.0 Å². The maximum absolute atomic E-state index is 3.68. The molecule has 1 rings (SSSR count). The van der Waals surface area contributed by atoms with Crippen LogP contribution < -0.4 is 5.32 Å². The third-order valence-corrected chi connectivity index (χ3v) is 4.12. The molecule has 1 unspecified atom stereocenters. The first-order valence-electron chi connectivity index (χ1n) is 6.70. The Balaban J connectivity index is 2.67. The second kappa shape index (κ2) is 7.93. The molecule has 2 nitrogen and oxygen atoms in total. The van der Waals surface area contributed by atoms with Crippen molar-refractivity contribution in [1.82, 2.24) is 10.2 Å². The van der Waals surface area contributed by atoms with E-state index in [4.69, 9.17) is 0 Å². The van der Waals surface area contributed by atoms with Crippen LogP contribution in [0.5, 0.6) is 0 Å². The van der Waals surface area contributed by atoms with Crippen molar-refractivity contribution in [2.45, 2.75) is 45.8 Å². The summed E-state index contributed by atoms with van der Waals surface area (Å²) in [6, 6.07) is 7.28. The summed E-state index contributed by atoms with van der Waals surface area (Å²) in [6.45, 7) is 6.46. The first-order chi connectivity index (χ1) is 8.58. The summed E-state index contributed by atoms with van der Waals surface area (Å²) in [4.78, 5) is 2.42. The SMILES string of the molecule is CCCC(C)N(C)Cc1ccc(CNC)cc1Br. The maximum atomic E-state index is 3.68. The molecule has 0 saturated carbocycles. The van der Waals surface area contributed by atoms with Gasteiger partial charge >= 0.3 is 0 Å². The van der Waals surface area contributed by atoms with Crippen LogP contribution >= 0.6 is 15.9 Å². The summed E-state index contributed by atoms with van der Waals surface area (Å²) < 4.78 is 1.21. The minimum Gasteiger partial charge on any atom is -0.316 e. The average Bonchev–Trinajstić information content (AvgIpc) is 2.33. The van der Waals surface area contributed by atoms with Gasteiger partial charge in [0.2, 0.25) is 0 Å². The Kier molecular flexibility index (Phi) is 6.90. The summed E-state index contributed by atoms with van der Waals surface area (Å²) in [7, 11) is 4.18. The molecular weight excluding hydrogens is 288 g/mol. The highest BCUT2D eigenvalue weighted by atomic mass is 79.9. The largest absolute Gasteiger partial charge is 0.316 e. The normalized spacial score (nSPS) is 13.0. The second-order valence-corrected chi connectivity index (χ2v) is 5.86. The van der Waals surface area contributed by atoms with Crippen LogP contribution in [0.2, 0.25) is 0 Å². The molecule has 0 spiro atoms. The summed E-state index contributed by atoms with van der Waals surface area (Å²) in [6.07, 6.45) is 2.50. The van der Waals surface area contributed by atoms with E-state index in [0.29, 0.717) is 6.04 Å². The maximum Gasteiger partial charge on any atom is 0.0244 e. The molecule has 0 amide bonds. The van der Waals surface area contributed by atoms with Crippen LogP contribution in [-0.2, 0) is 13.1 Å². The fourth-order valence-electron chi connectivity index (χ4n) is 2.10. The van der Waals surface area contributed by atoms with E-state index < -0.39 is 0 Å². The van der Waals surface area contributed by atoms with Crippen molar-refractivity contribution in [3.8, 4) is 0 Å². The van der Waals surface area contributed by atoms with Crippen LogP contribution in [0.4, 0.5) is 0 Å². The number of benzene rings is 1. The molecule has 0 radical (unpaired) electrons. The molecule has 1 N–H and O–H groups in total. The lowest BCUT2D eigenvalue weighted by atomic mass is 10.1. The average molecular weight is 313 g/mol. The Morgan fingerprint density at radius 3 is 2.67 bits per heavy atom. The fourth-order valence-corrected chi connectivity index (χ4v) is 2.65. The minimum absolute atomic E-state index is 0.638. The fraction of sp³-hybridized carbons (Fsp3) is 0.600. The Labute approximate surface area is 120 Å². The number of nitrogens with zero attached hydrogens (tertiary/aromatic N) is 1. The van der Waals surface area contributed by atoms with E-state index in [-0.39, 0.29) is 0 Å². The van der Waals surface area contributed by atoms with Crippen molar-refractivity contribution in [3.63, 3.8) is 0 Å². The van der Waals surface area contributed by atoms with E-state index in [1.54, 1.807) is 0 Å². The van der Waals surface area contributed by atoms with Crippen LogP contribution in [0, 0.1) is 0 Å². The predicted octanol–water partition coefficient (Wildman–Crippen LogP) is 3.79. The number of halogens is 1. The molecular formula is C15H25BrN2. The smallest absolute Gasteiger partial charge is 0.0244 e. The Hall–Kier alpha value is -0.380. The number of hydrogen-bond acceptors (Lipinski definition) is 2. The van der Waals surface area contributed by atoms with Gasteiger partial charge in [-0.1, -0.05) is 41.4 Å². The Morgan fingerprint density at radius 1 is 1.39 bits per heavy atom. The zero-order valence-electron chi connectivity index (χ0n) is 12.0. The molecule has 0 aliphatic heterocycles. The lowest BCUT2D eigenvalue weighted by Gasteiger charge is -2.25. The third-order valence-electron chi connectivity index (χ3n) is 3.38. The molecule has 0 aliphatic carbocycles. The standard InChI is InChI=1S/C15H25BrN2/c1-5-6-12(2)18(4)11-14-8-7-13(10-17-3)9-15(14)16/h7-9,12,17H,5-6,10-11H2,1-4H3. The van der Waals surface area contributed by atoms with E-state index in [0.717, 1.165) is 13.1 Å². The monoisotopic (exact) mass is 312 g/mol. The highest BCUT2D eigenvalue weighted by Crippen LogP contribution is 2.21. The first-order valence-corrected chi connectivity index (χ1v) is 7.50. The highest BCUT2D eigenvalue weighted by Gasteiger charge is 2.10. The zero-order valence-corrected chi connectivity index (χ0v) is 13.5. The van der Waals surface area contributed by atoms with Crippen molar-refractivity contribution < 1.29 is 0 Å². The van der Waals surface area contributed by atoms with Gasteiger partial charge < -0.3 is 5.32 Å². The number of nitrogens with one attached hydrogen (secondary N) is 1. The molecule has 1 atom stereocenters. The van der Waals surface area contributed by atoms with Crippen LogP contribution in [0.3, 0.4) is 0 Å². The zero-order chi connectivity index (χ0) is 13.5. The Bertz CT molecular complexity index is 366. The highest BCUT2D eigenvalue weighted by molar-refractivity contribution is 9.10. The summed E-state index contributed by atoms with van der Waals surface area (Å²) in [5, 5.41) is 3.18. The van der Waals surface area contributed by atoms with Gasteiger partial charge in [-0.25, -0.2) is 0 Å². The van der Waals surface area contributed by atoms with Crippen molar-refractivity contribution in [3.05, 3.63) is 33.8 Å². The van der Waals surface area contributed by atoms with Crippen LogP contribution in [0.1, 0.15) is 37.8 Å². The van der Waals surface area contributed by atoms with E-state index in [9.17, 15) is 0 Å². The lowest BCUT2D eigenvalue weighted by Crippen LogP contribution is -2.28. The predicted molar refractivity (Wildman–Crippen MR) is 82.7 cm³/mol. The van der Waals surface area contributed by atoms with Crippen molar-refractivity contribution in [1.29, 1.82) is 0 Å². The molecule has 0 aliphatic rings. The van der Waals surface area contributed by atoms with Crippen molar-refractivity contribution in [2.75, 3.05) is 14.1 Å². The summed E-state index contributed by atoms with van der Waals surface area (Å²) in [5.41, 5.74) is 2.68. The van der Waals surface area contributed by atoms with Crippen LogP contribution in [0.25, 0.3) is 0 Å². The van der Waals surface area contributed by atoms with E-state index in [2.05, 4.69) is 65.2 Å². The molecule has 0 aromatic heterocycles. The van der Waals surface area contributed by atoms with Gasteiger partial charge in [-0.3, -0.25) is 4.90 Å². The summed E-state index contributed by atoms with van der Waals surface area (Å²) in [5.74, 6) is 0. The van der Waals surface area contributed by atoms with Gasteiger partial charge in [-0.15, -0.1) is 0 Å². The summed E-state index contributed by atoms with van der Waals surface area (Å²) >= 11 is 3.68. The lowest BCUT2D eigenvalue weighted by molar-refractivity contribution is 0.236. The van der Waals surface area contributed by atoms with Gasteiger partial charge in [0.05, 0.1) is 0 Å². The second-order valence-electron chi connectivity index (χ2n) is 5.01. The number of hydrogen-bond donors (Lipinski definition) is 1. The molecule has 0 bridgehead atoms. The molecule has 1 aromatic carbocycles. The van der Waals surface area contributed by atoms with Crippen molar-refractivity contribution >= 4 is 15.9 Å². The quantitative estimate of drug-likeness (QED) is 0.824. The third kappa shape index (κ3) is 4.71. The first kappa shape index (κ1) is 15.7. The molecule has 18 heavy (non-hydrogen) atoms. The molecule has 3 heteroatoms. The molecule has 1 aromatic rings. The van der Waals surface area contributed by atoms with Gasteiger partial charge in [0.15, 0.2) is 0 Å². The topological polar surface area (TPSA) is 15.3 Å². The van der Waals surface area contributed by atoms with E-state index >= 15 is 0 Å². The van der Waals surface area contributed by atoms with Gasteiger partial charge in [0, 0.05) is 23.6 Å².